The molecular formula is C34H31N3O3. The van der Waals surface area contributed by atoms with Crippen LogP contribution in [0.15, 0.2) is 109 Å². The van der Waals surface area contributed by atoms with E-state index in [9.17, 15) is 9.59 Å². The van der Waals surface area contributed by atoms with Gasteiger partial charge in [-0.25, -0.2) is 0 Å². The van der Waals surface area contributed by atoms with Crippen LogP contribution >= 0.6 is 0 Å². The molecule has 0 saturated carbocycles. The van der Waals surface area contributed by atoms with Crippen molar-refractivity contribution in [2.24, 2.45) is 0 Å². The predicted molar refractivity (Wildman–Crippen MR) is 158 cm³/mol. The van der Waals surface area contributed by atoms with Crippen LogP contribution in [0.25, 0.3) is 16.5 Å². The summed E-state index contributed by atoms with van der Waals surface area (Å²) < 4.78 is 7.52. The molecule has 4 aromatic carbocycles. The van der Waals surface area contributed by atoms with Crippen molar-refractivity contribution in [1.29, 1.82) is 0 Å². The number of fused-ring (bicyclic) bond motifs is 4. The largest absolute Gasteiger partial charge is 0.497 e. The summed E-state index contributed by atoms with van der Waals surface area (Å²) in [4.78, 5) is 31.7. The molecule has 0 N–H and O–H groups in total. The zero-order valence-corrected chi connectivity index (χ0v) is 22.8. The van der Waals surface area contributed by atoms with Gasteiger partial charge in [-0.2, -0.15) is 0 Å². The predicted octanol–water partition coefficient (Wildman–Crippen LogP) is 6.63. The number of methoxy groups -OCH3 is 1. The number of ether oxygens (including phenoxy) is 1. The van der Waals surface area contributed by atoms with Crippen LogP contribution in [0.3, 0.4) is 0 Å². The van der Waals surface area contributed by atoms with Gasteiger partial charge in [0.15, 0.2) is 0 Å². The van der Waals surface area contributed by atoms with Gasteiger partial charge in [0.2, 0.25) is 5.91 Å². The van der Waals surface area contributed by atoms with Crippen LogP contribution < -0.4 is 9.64 Å². The van der Waals surface area contributed by atoms with Gasteiger partial charge in [0, 0.05) is 17.8 Å². The van der Waals surface area contributed by atoms with Gasteiger partial charge in [-0.05, 0) is 78.7 Å². The van der Waals surface area contributed by atoms with E-state index in [2.05, 4.69) is 4.57 Å². The second kappa shape index (κ2) is 10.4. The Labute approximate surface area is 234 Å². The highest BCUT2D eigenvalue weighted by molar-refractivity contribution is 6.04. The normalized spacial score (nSPS) is 14.1. The van der Waals surface area contributed by atoms with Gasteiger partial charge in [-0.15, -0.1) is 0 Å². The average molecular weight is 530 g/mol. The molecule has 6 heteroatoms. The van der Waals surface area contributed by atoms with Gasteiger partial charge >= 0.3 is 0 Å². The van der Waals surface area contributed by atoms with E-state index in [4.69, 9.17) is 4.74 Å². The van der Waals surface area contributed by atoms with Crippen molar-refractivity contribution in [1.82, 2.24) is 9.47 Å². The summed E-state index contributed by atoms with van der Waals surface area (Å²) in [6.45, 7) is 3.84. The van der Waals surface area contributed by atoms with Gasteiger partial charge in [-0.1, -0.05) is 54.6 Å². The number of nitrogens with zero attached hydrogens (tertiary/aromatic N) is 3. The van der Waals surface area contributed by atoms with Crippen LogP contribution in [0.1, 0.15) is 41.5 Å². The molecule has 0 fully saturated rings. The van der Waals surface area contributed by atoms with Gasteiger partial charge in [0.1, 0.15) is 18.3 Å². The van der Waals surface area contributed by atoms with Crippen molar-refractivity contribution in [2.45, 2.75) is 25.9 Å². The highest BCUT2D eigenvalue weighted by atomic mass is 16.5. The van der Waals surface area contributed by atoms with Gasteiger partial charge in [0.05, 0.1) is 24.2 Å². The fraction of sp³-hybridized carbons (Fsp3) is 0.176. The summed E-state index contributed by atoms with van der Waals surface area (Å²) in [5.74, 6) is 0.438. The summed E-state index contributed by atoms with van der Waals surface area (Å²) in [7, 11) is 1.64. The Morgan fingerprint density at radius 2 is 1.52 bits per heavy atom. The second-order valence-corrected chi connectivity index (χ2v) is 10.3. The van der Waals surface area contributed by atoms with Crippen molar-refractivity contribution >= 4 is 28.3 Å². The smallest absolute Gasteiger partial charge is 0.254 e. The van der Waals surface area contributed by atoms with Crippen LogP contribution in [0.2, 0.25) is 0 Å². The molecule has 1 unspecified atom stereocenters. The highest BCUT2D eigenvalue weighted by Crippen LogP contribution is 2.42. The van der Waals surface area contributed by atoms with E-state index >= 15 is 0 Å². The zero-order chi connectivity index (χ0) is 27.8. The number of aromatic nitrogens is 1. The zero-order valence-electron chi connectivity index (χ0n) is 22.8. The molecule has 0 radical (unpaired) electrons. The van der Waals surface area contributed by atoms with Crippen molar-refractivity contribution in [3.63, 3.8) is 0 Å². The van der Waals surface area contributed by atoms with E-state index in [-0.39, 0.29) is 30.4 Å². The Balaban J connectivity index is 1.39. The van der Waals surface area contributed by atoms with Gasteiger partial charge in [-0.3, -0.25) is 14.5 Å². The van der Waals surface area contributed by atoms with Gasteiger partial charge < -0.3 is 14.2 Å². The number of amides is 2. The van der Waals surface area contributed by atoms with E-state index in [0.29, 0.717) is 5.56 Å². The highest BCUT2D eigenvalue weighted by Gasteiger charge is 2.37. The molecular weight excluding hydrogens is 498 g/mol. The monoisotopic (exact) mass is 529 g/mol. The standard InChI is InChI=1S/C34H31N3O3/c1-23(2)36(34(39)27-15-14-24-9-4-5-10-26(24)21-27)22-32(38)37-30-12-7-6-11-29(30)35-20-8-13-31(35)33(37)25-16-18-28(40-3)19-17-25/h4-21,23,33H,22H2,1-3H3. The van der Waals surface area contributed by atoms with Crippen LogP contribution in [-0.4, -0.2) is 41.0 Å². The molecule has 1 atom stereocenters. The minimum absolute atomic E-state index is 0.0506. The second-order valence-electron chi connectivity index (χ2n) is 10.3. The maximum absolute atomic E-state index is 14.4. The lowest BCUT2D eigenvalue weighted by Gasteiger charge is -2.40. The number of anilines is 1. The fourth-order valence-corrected chi connectivity index (χ4v) is 5.56. The number of rotatable bonds is 6. The molecule has 1 aliphatic heterocycles. The Bertz CT molecular complexity index is 1700. The average Bonchev–Trinajstić information content (AvgIpc) is 3.48. The van der Waals surface area contributed by atoms with Crippen LogP contribution in [0.4, 0.5) is 5.69 Å². The molecule has 5 aromatic rings. The first kappa shape index (κ1) is 25.4. The van der Waals surface area contributed by atoms with E-state index < -0.39 is 0 Å². The third kappa shape index (κ3) is 4.41. The molecule has 40 heavy (non-hydrogen) atoms. The Morgan fingerprint density at radius 1 is 0.825 bits per heavy atom. The van der Waals surface area contributed by atoms with Crippen molar-refractivity contribution in [3.8, 4) is 11.4 Å². The minimum atomic E-state index is -0.368. The molecule has 0 aliphatic carbocycles. The molecule has 0 bridgehead atoms. The van der Waals surface area contributed by atoms with Crippen LogP contribution in [0, 0.1) is 0 Å². The number of carbonyl (C=O) groups is 2. The third-order valence-electron chi connectivity index (χ3n) is 7.61. The van der Waals surface area contributed by atoms with Crippen molar-refractivity contribution in [3.05, 3.63) is 126 Å². The first-order chi connectivity index (χ1) is 19.5. The minimum Gasteiger partial charge on any atom is -0.497 e. The van der Waals surface area contributed by atoms with E-state index in [1.807, 2.05) is 128 Å². The maximum Gasteiger partial charge on any atom is 0.254 e. The number of benzene rings is 4. The summed E-state index contributed by atoms with van der Waals surface area (Å²) >= 11 is 0. The van der Waals surface area contributed by atoms with Crippen LogP contribution in [-0.2, 0) is 4.79 Å². The molecule has 6 rings (SSSR count). The molecule has 200 valence electrons. The Morgan fingerprint density at radius 3 is 2.25 bits per heavy atom. The molecule has 1 aliphatic rings. The Kier molecular flexibility index (Phi) is 6.60. The maximum atomic E-state index is 14.4. The number of carbonyl (C=O) groups excluding carboxylic acids is 2. The molecule has 2 amide bonds. The summed E-state index contributed by atoms with van der Waals surface area (Å²) in [6.07, 6.45) is 2.02. The summed E-state index contributed by atoms with van der Waals surface area (Å²) in [5.41, 5.74) is 4.24. The summed E-state index contributed by atoms with van der Waals surface area (Å²) in [5, 5.41) is 2.06. The van der Waals surface area contributed by atoms with Gasteiger partial charge in [0.25, 0.3) is 5.91 Å². The molecule has 0 saturated heterocycles. The Hall–Kier alpha value is -4.84. The van der Waals surface area contributed by atoms with Crippen molar-refractivity contribution in [2.75, 3.05) is 18.6 Å². The first-order valence-electron chi connectivity index (χ1n) is 13.5. The fourth-order valence-electron chi connectivity index (χ4n) is 5.56. The number of para-hydroxylation sites is 2. The molecule has 2 heterocycles. The topological polar surface area (TPSA) is 54.8 Å². The van der Waals surface area contributed by atoms with E-state index in [0.717, 1.165) is 39.2 Å². The quantitative estimate of drug-likeness (QED) is 0.248. The number of hydrogen-bond donors (Lipinski definition) is 0. The van der Waals surface area contributed by atoms with E-state index in [1.54, 1.807) is 12.0 Å². The van der Waals surface area contributed by atoms with Crippen molar-refractivity contribution < 1.29 is 14.3 Å². The molecule has 0 spiro atoms. The number of hydrogen-bond acceptors (Lipinski definition) is 3. The lowest BCUT2D eigenvalue weighted by Crippen LogP contribution is -2.48. The summed E-state index contributed by atoms with van der Waals surface area (Å²) in [6, 6.07) is 32.9. The molecule has 6 nitrogen and oxygen atoms in total. The molecule has 1 aromatic heterocycles. The SMILES string of the molecule is COc1ccc(C2c3cccn3-c3ccccc3N2C(=O)CN(C(=O)c2ccc3ccccc3c2)C(C)C)cc1. The lowest BCUT2D eigenvalue weighted by atomic mass is 9.97. The van der Waals surface area contributed by atoms with Crippen LogP contribution in [0.5, 0.6) is 5.75 Å². The van der Waals surface area contributed by atoms with E-state index in [1.165, 1.54) is 0 Å². The lowest BCUT2D eigenvalue weighted by molar-refractivity contribution is -0.120. The first-order valence-corrected chi connectivity index (χ1v) is 13.5. The third-order valence-corrected chi connectivity index (χ3v) is 7.61.